The number of halogens is 2. The van der Waals surface area contributed by atoms with Gasteiger partial charge in [0, 0.05) is 30.1 Å². The van der Waals surface area contributed by atoms with Crippen molar-refractivity contribution in [1.82, 2.24) is 15.3 Å². The third-order valence-electron chi connectivity index (χ3n) is 3.35. The fourth-order valence-electron chi connectivity index (χ4n) is 2.29. The minimum absolute atomic E-state index is 0.0718. The standard InChI is InChI=1S/C17H16F2N4/c1-11-7-14(13-3-2-5-20-10-13)22-16(8-11)23-15-9-12(17(18)19)4-6-21-15/h2-4,6-10,17,20H,5H2,1H3,(H,21,22,23). The van der Waals surface area contributed by atoms with Gasteiger partial charge in [0.25, 0.3) is 6.43 Å². The van der Waals surface area contributed by atoms with E-state index >= 15 is 0 Å². The van der Waals surface area contributed by atoms with Gasteiger partial charge in [0.1, 0.15) is 11.6 Å². The summed E-state index contributed by atoms with van der Waals surface area (Å²) in [6, 6.07) is 6.45. The number of alkyl halides is 2. The van der Waals surface area contributed by atoms with Crippen molar-refractivity contribution in [2.24, 2.45) is 0 Å². The Morgan fingerprint density at radius 3 is 2.83 bits per heavy atom. The molecule has 118 valence electrons. The zero-order valence-electron chi connectivity index (χ0n) is 12.6. The van der Waals surface area contributed by atoms with E-state index in [0.717, 1.165) is 23.4 Å². The highest BCUT2D eigenvalue weighted by Gasteiger charge is 2.10. The molecule has 0 spiro atoms. The zero-order chi connectivity index (χ0) is 16.2. The Bertz CT molecular complexity index is 769. The van der Waals surface area contributed by atoms with Crippen LogP contribution < -0.4 is 10.6 Å². The van der Waals surface area contributed by atoms with E-state index < -0.39 is 6.43 Å². The van der Waals surface area contributed by atoms with Gasteiger partial charge in [-0.2, -0.15) is 0 Å². The summed E-state index contributed by atoms with van der Waals surface area (Å²) >= 11 is 0. The number of dihydropyridines is 1. The van der Waals surface area contributed by atoms with Crippen molar-refractivity contribution in [3.63, 3.8) is 0 Å². The molecule has 1 aliphatic rings. The molecular weight excluding hydrogens is 298 g/mol. The highest BCUT2D eigenvalue weighted by atomic mass is 19.3. The summed E-state index contributed by atoms with van der Waals surface area (Å²) < 4.78 is 25.5. The van der Waals surface area contributed by atoms with Crippen molar-refractivity contribution in [3.05, 3.63) is 65.6 Å². The van der Waals surface area contributed by atoms with Gasteiger partial charge in [-0.3, -0.25) is 0 Å². The quantitative estimate of drug-likeness (QED) is 0.896. The monoisotopic (exact) mass is 314 g/mol. The Balaban J connectivity index is 1.88. The van der Waals surface area contributed by atoms with E-state index in [1.54, 1.807) is 0 Å². The topological polar surface area (TPSA) is 49.8 Å². The van der Waals surface area contributed by atoms with Crippen molar-refractivity contribution in [2.45, 2.75) is 13.3 Å². The van der Waals surface area contributed by atoms with Gasteiger partial charge >= 0.3 is 0 Å². The predicted octanol–water partition coefficient (Wildman–Crippen LogP) is 3.97. The molecule has 0 fully saturated rings. The smallest absolute Gasteiger partial charge is 0.264 e. The number of rotatable bonds is 4. The van der Waals surface area contributed by atoms with Crippen LogP contribution in [0.3, 0.4) is 0 Å². The van der Waals surface area contributed by atoms with Gasteiger partial charge in [0.05, 0.1) is 5.69 Å². The first-order valence-corrected chi connectivity index (χ1v) is 7.22. The van der Waals surface area contributed by atoms with Crippen LogP contribution in [0.1, 0.15) is 23.2 Å². The third kappa shape index (κ3) is 3.71. The van der Waals surface area contributed by atoms with Gasteiger partial charge in [0.2, 0.25) is 0 Å². The molecule has 2 aromatic heterocycles. The lowest BCUT2D eigenvalue weighted by Gasteiger charge is -2.12. The van der Waals surface area contributed by atoms with Gasteiger partial charge in [-0.15, -0.1) is 0 Å². The first-order chi connectivity index (χ1) is 11.1. The number of nitrogens with one attached hydrogen (secondary N) is 2. The Morgan fingerprint density at radius 2 is 2.09 bits per heavy atom. The molecular formula is C17H16F2N4. The summed E-state index contributed by atoms with van der Waals surface area (Å²) in [4.78, 5) is 8.59. The second-order valence-electron chi connectivity index (χ2n) is 5.23. The maximum atomic E-state index is 12.8. The Kier molecular flexibility index (Phi) is 4.32. The SMILES string of the molecule is Cc1cc(Nc2cc(C(F)F)ccn2)nc(C2=CNCC=C2)c1. The Hall–Kier alpha value is -2.76. The number of pyridine rings is 2. The van der Waals surface area contributed by atoms with Crippen molar-refractivity contribution >= 4 is 17.2 Å². The molecule has 1 aliphatic heterocycles. The zero-order valence-corrected chi connectivity index (χ0v) is 12.6. The third-order valence-corrected chi connectivity index (χ3v) is 3.35. The van der Waals surface area contributed by atoms with Gasteiger partial charge < -0.3 is 10.6 Å². The number of hydrogen-bond donors (Lipinski definition) is 2. The maximum Gasteiger partial charge on any atom is 0.264 e. The fourth-order valence-corrected chi connectivity index (χ4v) is 2.29. The molecule has 0 saturated carbocycles. The molecule has 0 unspecified atom stereocenters. The van der Waals surface area contributed by atoms with Gasteiger partial charge in [-0.1, -0.05) is 12.2 Å². The van der Waals surface area contributed by atoms with Crippen LogP contribution in [0.5, 0.6) is 0 Å². The number of anilines is 2. The fraction of sp³-hybridized carbons (Fsp3) is 0.176. The highest BCUT2D eigenvalue weighted by Crippen LogP contribution is 2.24. The predicted molar refractivity (Wildman–Crippen MR) is 86.6 cm³/mol. The lowest BCUT2D eigenvalue weighted by molar-refractivity contribution is 0.151. The van der Waals surface area contributed by atoms with Crippen LogP contribution in [-0.4, -0.2) is 16.5 Å². The van der Waals surface area contributed by atoms with Gasteiger partial charge in [-0.25, -0.2) is 18.7 Å². The first-order valence-electron chi connectivity index (χ1n) is 7.22. The van der Waals surface area contributed by atoms with E-state index in [-0.39, 0.29) is 5.56 Å². The molecule has 0 atom stereocenters. The van der Waals surface area contributed by atoms with Crippen molar-refractivity contribution in [1.29, 1.82) is 0 Å². The van der Waals surface area contributed by atoms with Crippen LogP contribution >= 0.6 is 0 Å². The normalized spacial score (nSPS) is 13.7. The lowest BCUT2D eigenvalue weighted by Crippen LogP contribution is -2.09. The lowest BCUT2D eigenvalue weighted by atomic mass is 10.1. The summed E-state index contributed by atoms with van der Waals surface area (Å²) in [7, 11) is 0. The van der Waals surface area contributed by atoms with Crippen LogP contribution in [0.25, 0.3) is 5.57 Å². The van der Waals surface area contributed by atoms with Crippen LogP contribution in [0, 0.1) is 6.92 Å². The molecule has 0 bridgehead atoms. The Labute approximate surface area is 133 Å². The first kappa shape index (κ1) is 15.1. The largest absolute Gasteiger partial charge is 0.387 e. The summed E-state index contributed by atoms with van der Waals surface area (Å²) in [5, 5.41) is 6.13. The highest BCUT2D eigenvalue weighted by molar-refractivity contribution is 5.74. The molecule has 3 heterocycles. The molecule has 0 aliphatic carbocycles. The molecule has 0 saturated heterocycles. The molecule has 0 amide bonds. The summed E-state index contributed by atoms with van der Waals surface area (Å²) in [6.45, 7) is 2.75. The number of aromatic nitrogens is 2. The Morgan fingerprint density at radius 1 is 1.22 bits per heavy atom. The van der Waals surface area contributed by atoms with Gasteiger partial charge in [-0.05, 0) is 36.8 Å². The van der Waals surface area contributed by atoms with E-state index in [1.165, 1.54) is 18.3 Å². The van der Waals surface area contributed by atoms with Crippen molar-refractivity contribution < 1.29 is 8.78 Å². The number of aryl methyl sites for hydroxylation is 1. The molecule has 2 aromatic rings. The molecule has 3 rings (SSSR count). The minimum atomic E-state index is -2.52. The average Bonchev–Trinajstić information content (AvgIpc) is 2.55. The molecule has 6 heteroatoms. The van der Waals surface area contributed by atoms with Crippen molar-refractivity contribution in [3.8, 4) is 0 Å². The second-order valence-corrected chi connectivity index (χ2v) is 5.23. The van der Waals surface area contributed by atoms with E-state index in [9.17, 15) is 8.78 Å². The number of allylic oxidation sites excluding steroid dienone is 2. The second kappa shape index (κ2) is 6.56. The van der Waals surface area contributed by atoms with E-state index in [1.807, 2.05) is 37.4 Å². The molecule has 0 aromatic carbocycles. The average molecular weight is 314 g/mol. The number of hydrogen-bond acceptors (Lipinski definition) is 4. The summed E-state index contributed by atoms with van der Waals surface area (Å²) in [5.74, 6) is 0.914. The van der Waals surface area contributed by atoms with Crippen LogP contribution in [0.2, 0.25) is 0 Å². The molecule has 23 heavy (non-hydrogen) atoms. The minimum Gasteiger partial charge on any atom is -0.387 e. The number of nitrogens with zero attached hydrogens (tertiary/aromatic N) is 2. The van der Waals surface area contributed by atoms with E-state index in [2.05, 4.69) is 20.6 Å². The summed E-state index contributed by atoms with van der Waals surface area (Å²) in [6.07, 6.45) is 4.75. The van der Waals surface area contributed by atoms with Crippen LogP contribution in [-0.2, 0) is 0 Å². The maximum absolute atomic E-state index is 12.8. The van der Waals surface area contributed by atoms with Crippen LogP contribution in [0.15, 0.2) is 48.8 Å². The van der Waals surface area contributed by atoms with E-state index in [0.29, 0.717) is 11.6 Å². The molecule has 0 radical (unpaired) electrons. The molecule has 2 N–H and O–H groups in total. The van der Waals surface area contributed by atoms with Crippen LogP contribution in [0.4, 0.5) is 20.4 Å². The van der Waals surface area contributed by atoms with Crippen molar-refractivity contribution in [2.75, 3.05) is 11.9 Å². The van der Waals surface area contributed by atoms with E-state index in [4.69, 9.17) is 0 Å². The van der Waals surface area contributed by atoms with Gasteiger partial charge in [0.15, 0.2) is 0 Å². The summed E-state index contributed by atoms with van der Waals surface area (Å²) in [5.41, 5.74) is 2.72. The molecule has 4 nitrogen and oxygen atoms in total.